The molecule has 5 heteroatoms. The summed E-state index contributed by atoms with van der Waals surface area (Å²) in [7, 11) is 3.54. The summed E-state index contributed by atoms with van der Waals surface area (Å²) >= 11 is 0. The fourth-order valence-electron chi connectivity index (χ4n) is 2.52. The number of amides is 1. The standard InChI is InChI=1S/C16H24N4O/c1-10(14(21)19(5)6)20-13-8-7-11(17)9-12(13)18-15(20)16(2,3)4/h7-10H,17H2,1-6H3. The summed E-state index contributed by atoms with van der Waals surface area (Å²) in [5.74, 6) is 0.947. The summed E-state index contributed by atoms with van der Waals surface area (Å²) in [6.45, 7) is 8.21. The summed E-state index contributed by atoms with van der Waals surface area (Å²) in [5, 5.41) is 0. The van der Waals surface area contributed by atoms with E-state index in [1.165, 1.54) is 0 Å². The van der Waals surface area contributed by atoms with Crippen LogP contribution in [0.1, 0.15) is 39.6 Å². The molecule has 1 aromatic heterocycles. The Labute approximate surface area is 125 Å². The van der Waals surface area contributed by atoms with E-state index in [2.05, 4.69) is 20.8 Å². The molecule has 2 aromatic rings. The summed E-state index contributed by atoms with van der Waals surface area (Å²) in [4.78, 5) is 18.7. The van der Waals surface area contributed by atoms with E-state index in [-0.39, 0.29) is 17.4 Å². The van der Waals surface area contributed by atoms with Gasteiger partial charge in [-0.1, -0.05) is 20.8 Å². The number of imidazole rings is 1. The number of aromatic nitrogens is 2. The molecule has 0 saturated carbocycles. The minimum absolute atomic E-state index is 0.0524. The van der Waals surface area contributed by atoms with Crippen LogP contribution >= 0.6 is 0 Å². The average molecular weight is 288 g/mol. The van der Waals surface area contributed by atoms with Gasteiger partial charge in [-0.3, -0.25) is 4.79 Å². The molecule has 0 spiro atoms. The van der Waals surface area contributed by atoms with Crippen LogP contribution in [0, 0.1) is 0 Å². The molecule has 0 aliphatic heterocycles. The Bertz CT molecular complexity index is 679. The molecule has 1 heterocycles. The second kappa shape index (κ2) is 5.06. The predicted octanol–water partition coefficient (Wildman–Crippen LogP) is 2.57. The Morgan fingerprint density at radius 2 is 1.95 bits per heavy atom. The van der Waals surface area contributed by atoms with Crippen molar-refractivity contribution in [1.82, 2.24) is 14.5 Å². The first-order valence-corrected chi connectivity index (χ1v) is 7.12. The highest BCUT2D eigenvalue weighted by molar-refractivity contribution is 5.85. The smallest absolute Gasteiger partial charge is 0.244 e. The van der Waals surface area contributed by atoms with Crippen LogP contribution < -0.4 is 5.73 Å². The van der Waals surface area contributed by atoms with E-state index in [1.807, 2.05) is 29.7 Å². The summed E-state index contributed by atoms with van der Waals surface area (Å²) in [6.07, 6.45) is 0. The molecular formula is C16H24N4O. The van der Waals surface area contributed by atoms with Crippen LogP contribution in [0.3, 0.4) is 0 Å². The number of benzene rings is 1. The highest BCUT2D eigenvalue weighted by atomic mass is 16.2. The number of nitrogens with zero attached hydrogens (tertiary/aromatic N) is 3. The Morgan fingerprint density at radius 3 is 2.48 bits per heavy atom. The van der Waals surface area contributed by atoms with E-state index in [0.717, 1.165) is 16.9 Å². The maximum absolute atomic E-state index is 12.4. The lowest BCUT2D eigenvalue weighted by Crippen LogP contribution is -2.32. The Balaban J connectivity index is 2.72. The van der Waals surface area contributed by atoms with Gasteiger partial charge in [0.15, 0.2) is 0 Å². The fraction of sp³-hybridized carbons (Fsp3) is 0.500. The van der Waals surface area contributed by atoms with Gasteiger partial charge in [0.1, 0.15) is 11.9 Å². The number of hydrogen-bond acceptors (Lipinski definition) is 3. The summed E-state index contributed by atoms with van der Waals surface area (Å²) in [5.41, 5.74) is 8.15. The monoisotopic (exact) mass is 288 g/mol. The third-order valence-corrected chi connectivity index (χ3v) is 3.57. The van der Waals surface area contributed by atoms with Crippen molar-refractivity contribution in [2.45, 2.75) is 39.2 Å². The molecule has 0 radical (unpaired) electrons. The molecule has 1 unspecified atom stereocenters. The van der Waals surface area contributed by atoms with Crippen molar-refractivity contribution in [2.24, 2.45) is 0 Å². The highest BCUT2D eigenvalue weighted by Crippen LogP contribution is 2.30. The van der Waals surface area contributed by atoms with Crippen molar-refractivity contribution in [3.8, 4) is 0 Å². The van der Waals surface area contributed by atoms with Gasteiger partial charge in [-0.05, 0) is 25.1 Å². The van der Waals surface area contributed by atoms with Crippen LogP contribution in [-0.4, -0.2) is 34.5 Å². The van der Waals surface area contributed by atoms with E-state index >= 15 is 0 Å². The number of carbonyl (C=O) groups is 1. The molecule has 2 N–H and O–H groups in total. The van der Waals surface area contributed by atoms with Gasteiger partial charge in [-0.2, -0.15) is 0 Å². The molecule has 1 aromatic carbocycles. The topological polar surface area (TPSA) is 64.2 Å². The molecule has 0 aliphatic carbocycles. The predicted molar refractivity (Wildman–Crippen MR) is 86.3 cm³/mol. The first kappa shape index (κ1) is 15.4. The van der Waals surface area contributed by atoms with Gasteiger partial charge in [-0.15, -0.1) is 0 Å². The third-order valence-electron chi connectivity index (χ3n) is 3.57. The minimum Gasteiger partial charge on any atom is -0.399 e. The van der Waals surface area contributed by atoms with Crippen molar-refractivity contribution in [3.05, 3.63) is 24.0 Å². The number of likely N-dealkylation sites (N-methyl/N-ethyl adjacent to an activating group) is 1. The van der Waals surface area contributed by atoms with Gasteiger partial charge < -0.3 is 15.2 Å². The lowest BCUT2D eigenvalue weighted by Gasteiger charge is -2.25. The van der Waals surface area contributed by atoms with Crippen LogP contribution in [-0.2, 0) is 10.2 Å². The van der Waals surface area contributed by atoms with E-state index < -0.39 is 0 Å². The molecule has 114 valence electrons. The van der Waals surface area contributed by atoms with Crippen LogP contribution in [0.2, 0.25) is 0 Å². The summed E-state index contributed by atoms with van der Waals surface area (Å²) in [6, 6.07) is 5.34. The average Bonchev–Trinajstić information content (AvgIpc) is 2.75. The zero-order valence-corrected chi connectivity index (χ0v) is 13.6. The number of hydrogen-bond donors (Lipinski definition) is 1. The number of nitrogens with two attached hydrogens (primary N) is 1. The van der Waals surface area contributed by atoms with E-state index in [1.54, 1.807) is 19.0 Å². The molecule has 5 nitrogen and oxygen atoms in total. The van der Waals surface area contributed by atoms with Crippen LogP contribution in [0.25, 0.3) is 11.0 Å². The van der Waals surface area contributed by atoms with Gasteiger partial charge in [0, 0.05) is 25.2 Å². The quantitative estimate of drug-likeness (QED) is 0.864. The Morgan fingerprint density at radius 1 is 1.33 bits per heavy atom. The SMILES string of the molecule is CC(C(=O)N(C)C)n1c(C(C)(C)C)nc2cc(N)ccc21. The second-order valence-corrected chi connectivity index (χ2v) is 6.71. The maximum Gasteiger partial charge on any atom is 0.244 e. The number of rotatable bonds is 2. The van der Waals surface area contributed by atoms with Crippen molar-refractivity contribution in [1.29, 1.82) is 0 Å². The van der Waals surface area contributed by atoms with E-state index in [0.29, 0.717) is 5.69 Å². The minimum atomic E-state index is -0.303. The van der Waals surface area contributed by atoms with E-state index in [9.17, 15) is 4.79 Å². The van der Waals surface area contributed by atoms with Crippen molar-refractivity contribution in [2.75, 3.05) is 19.8 Å². The summed E-state index contributed by atoms with van der Waals surface area (Å²) < 4.78 is 2.02. The normalized spacial score (nSPS) is 13.4. The number of carbonyl (C=O) groups excluding carboxylic acids is 1. The third kappa shape index (κ3) is 2.73. The van der Waals surface area contributed by atoms with E-state index in [4.69, 9.17) is 10.7 Å². The Hall–Kier alpha value is -2.04. The Kier molecular flexibility index (Phi) is 3.70. The lowest BCUT2D eigenvalue weighted by molar-refractivity contribution is -0.131. The van der Waals surface area contributed by atoms with Gasteiger partial charge >= 0.3 is 0 Å². The van der Waals surface area contributed by atoms with Gasteiger partial charge in [0.25, 0.3) is 0 Å². The molecule has 1 amide bonds. The van der Waals surface area contributed by atoms with Crippen molar-refractivity contribution in [3.63, 3.8) is 0 Å². The first-order chi connectivity index (χ1) is 9.62. The molecule has 2 rings (SSSR count). The maximum atomic E-state index is 12.4. The zero-order chi connectivity index (χ0) is 15.9. The lowest BCUT2D eigenvalue weighted by atomic mass is 9.95. The van der Waals surface area contributed by atoms with Gasteiger partial charge in [0.05, 0.1) is 11.0 Å². The van der Waals surface area contributed by atoms with Gasteiger partial charge in [-0.25, -0.2) is 4.98 Å². The van der Waals surface area contributed by atoms with Crippen LogP contribution in [0.4, 0.5) is 5.69 Å². The molecule has 0 bridgehead atoms. The molecule has 0 fully saturated rings. The number of fused-ring (bicyclic) bond motifs is 1. The fourth-order valence-corrected chi connectivity index (χ4v) is 2.52. The highest BCUT2D eigenvalue weighted by Gasteiger charge is 2.28. The molecule has 0 saturated heterocycles. The molecule has 21 heavy (non-hydrogen) atoms. The molecule has 1 atom stereocenters. The number of anilines is 1. The van der Waals surface area contributed by atoms with Gasteiger partial charge in [0.2, 0.25) is 5.91 Å². The zero-order valence-electron chi connectivity index (χ0n) is 13.6. The molecule has 0 aliphatic rings. The second-order valence-electron chi connectivity index (χ2n) is 6.71. The van der Waals surface area contributed by atoms with Crippen LogP contribution in [0.15, 0.2) is 18.2 Å². The number of nitrogen functional groups attached to an aromatic ring is 1. The van der Waals surface area contributed by atoms with Crippen molar-refractivity contribution >= 4 is 22.6 Å². The van der Waals surface area contributed by atoms with Crippen molar-refractivity contribution < 1.29 is 4.79 Å². The largest absolute Gasteiger partial charge is 0.399 e. The van der Waals surface area contributed by atoms with Crippen LogP contribution in [0.5, 0.6) is 0 Å². The first-order valence-electron chi connectivity index (χ1n) is 7.12. The molecular weight excluding hydrogens is 264 g/mol.